The van der Waals surface area contributed by atoms with Crippen LogP contribution in [-0.4, -0.2) is 16.0 Å². The molecule has 0 spiro atoms. The number of benzene rings is 1. The summed E-state index contributed by atoms with van der Waals surface area (Å²) in [5.41, 5.74) is 6.60. The van der Waals surface area contributed by atoms with Crippen LogP contribution in [0.3, 0.4) is 0 Å². The molecule has 1 aromatic heterocycles. The number of nitrogens with zero attached hydrogens (tertiary/aromatic N) is 2. The molecule has 0 saturated heterocycles. The van der Waals surface area contributed by atoms with Gasteiger partial charge in [0.15, 0.2) is 5.82 Å². The first-order valence-corrected chi connectivity index (χ1v) is 7.43. The lowest BCUT2D eigenvalue weighted by Crippen LogP contribution is -2.23. The van der Waals surface area contributed by atoms with E-state index in [1.807, 2.05) is 30.3 Å². The third-order valence-corrected chi connectivity index (χ3v) is 3.75. The number of para-hydroxylation sites is 1. The summed E-state index contributed by atoms with van der Waals surface area (Å²) in [6.45, 7) is 0. The predicted octanol–water partition coefficient (Wildman–Crippen LogP) is 3.60. The van der Waals surface area contributed by atoms with E-state index in [-0.39, 0.29) is 0 Å². The molecule has 0 unspecified atom stereocenters. The molecule has 1 aromatic carbocycles. The monoisotopic (exact) mass is 284 g/mol. The molecule has 5 heteroatoms. The minimum Gasteiger partial charge on any atom is -0.437 e. The maximum Gasteiger partial charge on any atom is 0.248 e. The third kappa shape index (κ3) is 3.42. The van der Waals surface area contributed by atoms with Crippen LogP contribution in [0.2, 0.25) is 0 Å². The van der Waals surface area contributed by atoms with Crippen molar-refractivity contribution in [1.82, 2.24) is 9.97 Å². The molecule has 0 atom stereocenters. The number of hydrogen-bond acceptors (Lipinski definition) is 5. The summed E-state index contributed by atoms with van der Waals surface area (Å²) >= 11 is 0. The highest BCUT2D eigenvalue weighted by molar-refractivity contribution is 5.67. The largest absolute Gasteiger partial charge is 0.437 e. The molecule has 3 rings (SSSR count). The highest BCUT2D eigenvalue weighted by atomic mass is 16.5. The van der Waals surface area contributed by atoms with Crippen LogP contribution in [-0.2, 0) is 0 Å². The minimum atomic E-state index is 0.398. The zero-order valence-corrected chi connectivity index (χ0v) is 12.0. The molecule has 1 fully saturated rings. The van der Waals surface area contributed by atoms with Crippen LogP contribution >= 0.6 is 0 Å². The lowest BCUT2D eigenvalue weighted by Gasteiger charge is -2.24. The number of nitrogens with two attached hydrogens (primary N) is 1. The quantitative estimate of drug-likeness (QED) is 0.897. The van der Waals surface area contributed by atoms with E-state index in [9.17, 15) is 0 Å². The van der Waals surface area contributed by atoms with E-state index in [0.717, 1.165) is 12.8 Å². The van der Waals surface area contributed by atoms with Crippen LogP contribution < -0.4 is 15.8 Å². The first kappa shape index (κ1) is 13.7. The second kappa shape index (κ2) is 6.43. The van der Waals surface area contributed by atoms with Gasteiger partial charge in [-0.1, -0.05) is 37.5 Å². The fourth-order valence-corrected chi connectivity index (χ4v) is 2.62. The molecule has 2 aromatic rings. The molecule has 0 radical (unpaired) electrons. The summed E-state index contributed by atoms with van der Waals surface area (Å²) in [5.74, 6) is 1.78. The number of anilines is 2. The maximum absolute atomic E-state index is 6.14. The highest BCUT2D eigenvalue weighted by Crippen LogP contribution is 2.30. The van der Waals surface area contributed by atoms with Gasteiger partial charge in [-0.25, -0.2) is 4.98 Å². The van der Waals surface area contributed by atoms with Crippen LogP contribution in [0.1, 0.15) is 32.1 Å². The average Bonchev–Trinajstić information content (AvgIpc) is 2.53. The van der Waals surface area contributed by atoms with E-state index in [0.29, 0.717) is 29.2 Å². The smallest absolute Gasteiger partial charge is 0.248 e. The van der Waals surface area contributed by atoms with E-state index >= 15 is 0 Å². The molecule has 3 N–H and O–H groups in total. The molecule has 1 heterocycles. The molecular formula is C16H20N4O. The van der Waals surface area contributed by atoms with Gasteiger partial charge < -0.3 is 15.8 Å². The molecule has 110 valence electrons. The van der Waals surface area contributed by atoms with Gasteiger partial charge >= 0.3 is 0 Å². The fourth-order valence-electron chi connectivity index (χ4n) is 2.62. The van der Waals surface area contributed by atoms with Crippen LogP contribution in [0, 0.1) is 0 Å². The van der Waals surface area contributed by atoms with Gasteiger partial charge in [-0.3, -0.25) is 0 Å². The zero-order valence-electron chi connectivity index (χ0n) is 12.0. The molecule has 0 bridgehead atoms. The van der Waals surface area contributed by atoms with Crippen molar-refractivity contribution in [2.24, 2.45) is 0 Å². The second-order valence-electron chi connectivity index (χ2n) is 5.34. The Kier molecular flexibility index (Phi) is 4.19. The predicted molar refractivity (Wildman–Crippen MR) is 83.5 cm³/mol. The van der Waals surface area contributed by atoms with Gasteiger partial charge in [-0.2, -0.15) is 4.98 Å². The van der Waals surface area contributed by atoms with E-state index < -0.39 is 0 Å². The lowest BCUT2D eigenvalue weighted by molar-refractivity contribution is 0.457. The lowest BCUT2D eigenvalue weighted by atomic mass is 9.95. The SMILES string of the molecule is Nc1c(NC2CCCCC2)ncnc1Oc1ccccc1. The molecule has 0 aliphatic heterocycles. The minimum absolute atomic E-state index is 0.398. The Morgan fingerprint density at radius 2 is 1.81 bits per heavy atom. The molecule has 5 nitrogen and oxygen atoms in total. The van der Waals surface area contributed by atoms with E-state index in [1.54, 1.807) is 0 Å². The van der Waals surface area contributed by atoms with Gasteiger partial charge in [0.05, 0.1) is 0 Å². The van der Waals surface area contributed by atoms with Crippen molar-refractivity contribution in [2.45, 2.75) is 38.1 Å². The topological polar surface area (TPSA) is 73.1 Å². The number of rotatable bonds is 4. The van der Waals surface area contributed by atoms with Crippen molar-refractivity contribution >= 4 is 11.5 Å². The molecule has 1 aliphatic carbocycles. The Balaban J connectivity index is 1.75. The Bertz CT molecular complexity index is 582. The average molecular weight is 284 g/mol. The van der Waals surface area contributed by atoms with Crippen LogP contribution in [0.4, 0.5) is 11.5 Å². The van der Waals surface area contributed by atoms with Crippen LogP contribution in [0.15, 0.2) is 36.7 Å². The van der Waals surface area contributed by atoms with Gasteiger partial charge in [0.1, 0.15) is 17.8 Å². The van der Waals surface area contributed by atoms with Crippen molar-refractivity contribution < 1.29 is 4.74 Å². The molecule has 21 heavy (non-hydrogen) atoms. The van der Waals surface area contributed by atoms with E-state index in [2.05, 4.69) is 15.3 Å². The summed E-state index contributed by atoms with van der Waals surface area (Å²) in [6.07, 6.45) is 7.66. The van der Waals surface area contributed by atoms with Gasteiger partial charge in [-0.15, -0.1) is 0 Å². The molecule has 1 aliphatic rings. The van der Waals surface area contributed by atoms with Crippen LogP contribution in [0.5, 0.6) is 11.6 Å². The molecular weight excluding hydrogens is 264 g/mol. The molecule has 1 saturated carbocycles. The van der Waals surface area contributed by atoms with Crippen molar-refractivity contribution in [2.75, 3.05) is 11.1 Å². The van der Waals surface area contributed by atoms with Gasteiger partial charge in [0, 0.05) is 6.04 Å². The Morgan fingerprint density at radius 1 is 1.05 bits per heavy atom. The van der Waals surface area contributed by atoms with Gasteiger partial charge in [-0.05, 0) is 25.0 Å². The van der Waals surface area contributed by atoms with Crippen molar-refractivity contribution in [3.8, 4) is 11.6 Å². The van der Waals surface area contributed by atoms with Gasteiger partial charge in [0.2, 0.25) is 5.88 Å². The number of hydrogen-bond donors (Lipinski definition) is 2. The standard InChI is InChI=1S/C16H20N4O/c17-14-15(20-12-7-3-1-4-8-12)18-11-19-16(14)21-13-9-5-2-6-10-13/h2,5-6,9-12H,1,3-4,7-8,17H2,(H,18,19,20). The van der Waals surface area contributed by atoms with E-state index in [4.69, 9.17) is 10.5 Å². The fraction of sp³-hybridized carbons (Fsp3) is 0.375. The summed E-state index contributed by atoms with van der Waals surface area (Å²) in [4.78, 5) is 8.38. The summed E-state index contributed by atoms with van der Waals surface area (Å²) < 4.78 is 5.72. The normalized spacial score (nSPS) is 15.6. The van der Waals surface area contributed by atoms with Gasteiger partial charge in [0.25, 0.3) is 0 Å². The third-order valence-electron chi connectivity index (χ3n) is 3.75. The number of ether oxygens (including phenoxy) is 1. The Morgan fingerprint density at radius 3 is 2.57 bits per heavy atom. The molecule has 0 amide bonds. The Hall–Kier alpha value is -2.30. The summed E-state index contributed by atoms with van der Waals surface area (Å²) in [5, 5.41) is 3.42. The zero-order chi connectivity index (χ0) is 14.5. The number of nitrogen functional groups attached to an aromatic ring is 1. The van der Waals surface area contributed by atoms with Crippen molar-refractivity contribution in [3.05, 3.63) is 36.7 Å². The second-order valence-corrected chi connectivity index (χ2v) is 5.34. The summed E-state index contributed by atoms with van der Waals surface area (Å²) in [6, 6.07) is 9.94. The first-order chi connectivity index (χ1) is 10.3. The van der Waals surface area contributed by atoms with E-state index in [1.165, 1.54) is 25.6 Å². The van der Waals surface area contributed by atoms with Crippen LogP contribution in [0.25, 0.3) is 0 Å². The maximum atomic E-state index is 6.14. The number of aromatic nitrogens is 2. The van der Waals surface area contributed by atoms with Crippen molar-refractivity contribution in [1.29, 1.82) is 0 Å². The number of nitrogens with one attached hydrogen (secondary N) is 1. The van der Waals surface area contributed by atoms with Crippen molar-refractivity contribution in [3.63, 3.8) is 0 Å². The first-order valence-electron chi connectivity index (χ1n) is 7.43. The summed E-state index contributed by atoms with van der Waals surface area (Å²) in [7, 11) is 0. The highest BCUT2D eigenvalue weighted by Gasteiger charge is 2.17. The Labute approximate surface area is 124 Å².